The molecule has 0 fully saturated rings. The van der Waals surface area contributed by atoms with E-state index in [1.54, 1.807) is 0 Å². The number of nitrogens with zero attached hydrogens (tertiary/aromatic N) is 1. The van der Waals surface area contributed by atoms with Gasteiger partial charge in [0, 0.05) is 0 Å². The molecule has 0 saturated heterocycles. The molecule has 0 atom stereocenters. The standard InChI is InChI=1S/C16H12N2OS/c19-11-13(10-12-6-2-1-3-7-12)20-16-17-14-8-4-5-9-15(14)18-16/h1-11H,(H,17,18)/b13-10+. The number of allylic oxidation sites excluding steroid dienone is 1. The van der Waals surface area contributed by atoms with Gasteiger partial charge in [0.05, 0.1) is 15.9 Å². The Labute approximate surface area is 120 Å². The lowest BCUT2D eigenvalue weighted by molar-refractivity contribution is -0.104. The van der Waals surface area contributed by atoms with Crippen LogP contribution in [0.15, 0.2) is 64.7 Å². The van der Waals surface area contributed by atoms with E-state index in [0.717, 1.165) is 28.0 Å². The van der Waals surface area contributed by atoms with E-state index in [-0.39, 0.29) is 0 Å². The molecule has 20 heavy (non-hydrogen) atoms. The molecule has 1 aromatic heterocycles. The van der Waals surface area contributed by atoms with Crippen LogP contribution >= 0.6 is 11.8 Å². The molecule has 98 valence electrons. The van der Waals surface area contributed by atoms with Gasteiger partial charge in [0.15, 0.2) is 11.4 Å². The summed E-state index contributed by atoms with van der Waals surface area (Å²) in [5.41, 5.74) is 2.87. The Balaban J connectivity index is 1.88. The van der Waals surface area contributed by atoms with Crippen molar-refractivity contribution in [3.05, 3.63) is 65.1 Å². The first-order chi connectivity index (χ1) is 9.85. The van der Waals surface area contributed by atoms with E-state index in [9.17, 15) is 4.79 Å². The number of benzene rings is 2. The van der Waals surface area contributed by atoms with Gasteiger partial charge in [-0.3, -0.25) is 4.79 Å². The number of hydrogen-bond acceptors (Lipinski definition) is 3. The highest BCUT2D eigenvalue weighted by Gasteiger charge is 2.05. The van der Waals surface area contributed by atoms with Crippen LogP contribution in [-0.2, 0) is 4.79 Å². The molecule has 3 aromatic rings. The van der Waals surface area contributed by atoms with Crippen molar-refractivity contribution in [2.75, 3.05) is 0 Å². The lowest BCUT2D eigenvalue weighted by atomic mass is 10.2. The molecule has 0 unspecified atom stereocenters. The number of hydrogen-bond donors (Lipinski definition) is 1. The molecule has 1 heterocycles. The fraction of sp³-hybridized carbons (Fsp3) is 0. The molecular weight excluding hydrogens is 268 g/mol. The Morgan fingerprint density at radius 2 is 1.80 bits per heavy atom. The summed E-state index contributed by atoms with van der Waals surface area (Å²) in [7, 11) is 0. The molecule has 0 spiro atoms. The van der Waals surface area contributed by atoms with Crippen LogP contribution in [0.2, 0.25) is 0 Å². The molecule has 0 amide bonds. The molecule has 3 rings (SSSR count). The largest absolute Gasteiger partial charge is 0.333 e. The average Bonchev–Trinajstić information content (AvgIpc) is 2.90. The third-order valence-electron chi connectivity index (χ3n) is 2.81. The minimum atomic E-state index is 0.621. The molecule has 0 aliphatic rings. The van der Waals surface area contributed by atoms with E-state index in [0.29, 0.717) is 4.91 Å². The first kappa shape index (κ1) is 12.7. The van der Waals surface area contributed by atoms with Crippen LogP contribution in [0.4, 0.5) is 0 Å². The lowest BCUT2D eigenvalue weighted by Gasteiger charge is -1.97. The number of carbonyl (C=O) groups excluding carboxylic acids is 1. The van der Waals surface area contributed by atoms with Crippen molar-refractivity contribution >= 4 is 35.2 Å². The number of aromatic nitrogens is 2. The van der Waals surface area contributed by atoms with E-state index in [1.807, 2.05) is 60.7 Å². The van der Waals surface area contributed by atoms with Crippen LogP contribution in [0.25, 0.3) is 17.1 Å². The predicted octanol–water partition coefficient (Wildman–Crippen LogP) is 3.90. The summed E-state index contributed by atoms with van der Waals surface area (Å²) in [6, 6.07) is 17.6. The van der Waals surface area contributed by atoms with Gasteiger partial charge >= 0.3 is 0 Å². The lowest BCUT2D eigenvalue weighted by Crippen LogP contribution is -1.82. The second-order valence-corrected chi connectivity index (χ2v) is 5.30. The van der Waals surface area contributed by atoms with Crippen molar-refractivity contribution in [1.82, 2.24) is 9.97 Å². The molecule has 3 nitrogen and oxygen atoms in total. The van der Waals surface area contributed by atoms with Gasteiger partial charge in [-0.1, -0.05) is 42.5 Å². The van der Waals surface area contributed by atoms with Crippen molar-refractivity contribution in [3.63, 3.8) is 0 Å². The van der Waals surface area contributed by atoms with Gasteiger partial charge in [-0.25, -0.2) is 4.98 Å². The zero-order valence-electron chi connectivity index (χ0n) is 10.6. The highest BCUT2D eigenvalue weighted by Crippen LogP contribution is 2.26. The fourth-order valence-corrected chi connectivity index (χ4v) is 2.66. The summed E-state index contributed by atoms with van der Waals surface area (Å²) in [6.45, 7) is 0. The predicted molar refractivity (Wildman–Crippen MR) is 82.4 cm³/mol. The maximum atomic E-state index is 11.2. The Hall–Kier alpha value is -2.33. The quantitative estimate of drug-likeness (QED) is 0.448. The zero-order chi connectivity index (χ0) is 13.8. The number of thioether (sulfide) groups is 1. The first-order valence-corrected chi connectivity index (χ1v) is 7.01. The highest BCUT2D eigenvalue weighted by molar-refractivity contribution is 8.03. The number of carbonyl (C=O) groups is 1. The summed E-state index contributed by atoms with van der Waals surface area (Å²) in [4.78, 5) is 19.5. The molecule has 0 saturated carbocycles. The number of imidazole rings is 1. The summed E-state index contributed by atoms with van der Waals surface area (Å²) in [5, 5.41) is 0.723. The number of rotatable bonds is 4. The van der Waals surface area contributed by atoms with Gasteiger partial charge in [-0.15, -0.1) is 0 Å². The van der Waals surface area contributed by atoms with Gasteiger partial charge in [0.2, 0.25) is 0 Å². The maximum absolute atomic E-state index is 11.2. The first-order valence-electron chi connectivity index (χ1n) is 6.20. The van der Waals surface area contributed by atoms with Crippen molar-refractivity contribution < 1.29 is 4.79 Å². The Kier molecular flexibility index (Phi) is 3.65. The Bertz CT molecular complexity index is 729. The number of fused-ring (bicyclic) bond motifs is 1. The molecule has 0 bridgehead atoms. The second-order valence-electron chi connectivity index (χ2n) is 4.24. The van der Waals surface area contributed by atoms with Crippen LogP contribution in [0.1, 0.15) is 5.56 Å². The van der Waals surface area contributed by atoms with Crippen molar-refractivity contribution in [2.24, 2.45) is 0 Å². The van der Waals surface area contributed by atoms with E-state index in [1.165, 1.54) is 11.8 Å². The normalized spacial score (nSPS) is 11.7. The number of aromatic amines is 1. The highest BCUT2D eigenvalue weighted by atomic mass is 32.2. The van der Waals surface area contributed by atoms with Crippen LogP contribution in [0.5, 0.6) is 0 Å². The molecule has 2 aromatic carbocycles. The van der Waals surface area contributed by atoms with Crippen molar-refractivity contribution in [2.45, 2.75) is 5.16 Å². The van der Waals surface area contributed by atoms with Crippen molar-refractivity contribution in [1.29, 1.82) is 0 Å². The van der Waals surface area contributed by atoms with Crippen molar-refractivity contribution in [3.8, 4) is 0 Å². The SMILES string of the molecule is O=C/C(=C\c1ccccc1)Sc1nc2ccccc2[nH]1. The van der Waals surface area contributed by atoms with E-state index in [2.05, 4.69) is 9.97 Å². The topological polar surface area (TPSA) is 45.8 Å². The molecule has 0 aliphatic carbocycles. The van der Waals surface area contributed by atoms with Gasteiger partial charge in [0.1, 0.15) is 0 Å². The minimum absolute atomic E-state index is 0.621. The monoisotopic (exact) mass is 280 g/mol. The third-order valence-corrected chi connectivity index (χ3v) is 3.64. The second kappa shape index (κ2) is 5.75. The molecule has 1 N–H and O–H groups in total. The van der Waals surface area contributed by atoms with E-state index >= 15 is 0 Å². The molecule has 0 aliphatic heterocycles. The van der Waals surface area contributed by atoms with Gasteiger partial charge in [-0.05, 0) is 35.5 Å². The number of para-hydroxylation sites is 2. The molecule has 4 heteroatoms. The summed E-state index contributed by atoms with van der Waals surface area (Å²) in [6.07, 6.45) is 2.70. The van der Waals surface area contributed by atoms with Gasteiger partial charge in [-0.2, -0.15) is 0 Å². The van der Waals surface area contributed by atoms with E-state index in [4.69, 9.17) is 0 Å². The number of H-pyrrole nitrogens is 1. The third kappa shape index (κ3) is 2.81. The molecular formula is C16H12N2OS. The van der Waals surface area contributed by atoms with Crippen LogP contribution in [0.3, 0.4) is 0 Å². The maximum Gasteiger partial charge on any atom is 0.171 e. The summed E-state index contributed by atoms with van der Waals surface area (Å²) in [5.74, 6) is 0. The van der Waals surface area contributed by atoms with Gasteiger partial charge in [0.25, 0.3) is 0 Å². The van der Waals surface area contributed by atoms with E-state index < -0.39 is 0 Å². The zero-order valence-corrected chi connectivity index (χ0v) is 11.4. The van der Waals surface area contributed by atoms with Crippen LogP contribution < -0.4 is 0 Å². The van der Waals surface area contributed by atoms with Crippen LogP contribution in [-0.4, -0.2) is 16.3 Å². The summed E-state index contributed by atoms with van der Waals surface area (Å²) >= 11 is 1.34. The summed E-state index contributed by atoms with van der Waals surface area (Å²) < 4.78 is 0. The fourth-order valence-electron chi connectivity index (χ4n) is 1.89. The minimum Gasteiger partial charge on any atom is -0.333 e. The Morgan fingerprint density at radius 3 is 2.55 bits per heavy atom. The Morgan fingerprint density at radius 1 is 1.05 bits per heavy atom. The molecule has 0 radical (unpaired) electrons. The van der Waals surface area contributed by atoms with Crippen LogP contribution in [0, 0.1) is 0 Å². The number of nitrogens with one attached hydrogen (secondary N) is 1. The number of aldehydes is 1. The average molecular weight is 280 g/mol. The smallest absolute Gasteiger partial charge is 0.171 e. The van der Waals surface area contributed by atoms with Gasteiger partial charge < -0.3 is 4.98 Å².